The van der Waals surface area contributed by atoms with E-state index in [0.717, 1.165) is 44.7 Å². The Balaban J connectivity index is 1.82. The van der Waals surface area contributed by atoms with Crippen molar-refractivity contribution in [2.24, 2.45) is 5.92 Å². The first kappa shape index (κ1) is 14.0. The highest BCUT2D eigenvalue weighted by molar-refractivity contribution is 5.58. The number of nitrogens with zero attached hydrogens (tertiary/aromatic N) is 4. The second kappa shape index (κ2) is 5.83. The number of hydrogen-bond donors (Lipinski definition) is 1. The van der Waals surface area contributed by atoms with E-state index < -0.39 is 4.92 Å². The van der Waals surface area contributed by atoms with E-state index in [-0.39, 0.29) is 5.69 Å². The van der Waals surface area contributed by atoms with Gasteiger partial charge >= 0.3 is 5.69 Å². The molecule has 1 atom stereocenters. The first-order valence-electron chi connectivity index (χ1n) is 7.66. The molecule has 2 fully saturated rings. The summed E-state index contributed by atoms with van der Waals surface area (Å²) in [4.78, 5) is 21.4. The van der Waals surface area contributed by atoms with Gasteiger partial charge in [-0.2, -0.15) is 4.98 Å². The summed E-state index contributed by atoms with van der Waals surface area (Å²) < 4.78 is 0. The maximum absolute atomic E-state index is 11.1. The molecule has 0 spiro atoms. The molecule has 7 heteroatoms. The third-order valence-electron chi connectivity index (χ3n) is 4.17. The molecule has 1 saturated carbocycles. The minimum Gasteiger partial charge on any atom is -0.361 e. The van der Waals surface area contributed by atoms with Crippen LogP contribution < -0.4 is 10.2 Å². The van der Waals surface area contributed by atoms with E-state index in [1.807, 2.05) is 0 Å². The Morgan fingerprint density at radius 2 is 2.14 bits per heavy atom. The molecule has 1 aromatic heterocycles. The van der Waals surface area contributed by atoms with E-state index >= 15 is 0 Å². The van der Waals surface area contributed by atoms with Gasteiger partial charge in [-0.15, -0.1) is 0 Å². The standard InChI is InChI=1S/C14H21N5O2/c1-10-3-2-7-18(8-6-10)14-15-9-12(19(20)21)13(17-14)16-11-4-5-11/h9-11H,2-8H2,1H3,(H,15,16,17). The Hall–Kier alpha value is -1.92. The Bertz CT molecular complexity index is 532. The molecule has 0 aromatic carbocycles. The highest BCUT2D eigenvalue weighted by Gasteiger charge is 2.27. The number of rotatable bonds is 4. The molecule has 1 N–H and O–H groups in total. The van der Waals surface area contributed by atoms with Crippen molar-refractivity contribution in [3.8, 4) is 0 Å². The van der Waals surface area contributed by atoms with Crippen LogP contribution in [-0.2, 0) is 0 Å². The van der Waals surface area contributed by atoms with Gasteiger partial charge in [0.15, 0.2) is 0 Å². The van der Waals surface area contributed by atoms with Crippen LogP contribution in [0.2, 0.25) is 0 Å². The Morgan fingerprint density at radius 3 is 2.86 bits per heavy atom. The van der Waals surface area contributed by atoms with Crippen molar-refractivity contribution >= 4 is 17.5 Å². The van der Waals surface area contributed by atoms with Crippen molar-refractivity contribution in [3.63, 3.8) is 0 Å². The smallest absolute Gasteiger partial charge is 0.329 e. The molecule has 0 amide bonds. The fourth-order valence-electron chi connectivity index (χ4n) is 2.64. The maximum Gasteiger partial charge on any atom is 0.329 e. The summed E-state index contributed by atoms with van der Waals surface area (Å²) in [6, 6.07) is 0.329. The van der Waals surface area contributed by atoms with Gasteiger partial charge in [-0.05, 0) is 38.0 Å². The predicted octanol–water partition coefficient (Wildman–Crippen LogP) is 2.59. The molecule has 1 aliphatic heterocycles. The largest absolute Gasteiger partial charge is 0.361 e. The average molecular weight is 291 g/mol. The van der Waals surface area contributed by atoms with Crippen LogP contribution in [-0.4, -0.2) is 34.0 Å². The number of hydrogen-bond acceptors (Lipinski definition) is 6. The van der Waals surface area contributed by atoms with Crippen molar-refractivity contribution in [1.29, 1.82) is 0 Å². The molecule has 2 aliphatic rings. The molecule has 1 saturated heterocycles. The molecule has 0 bridgehead atoms. The van der Waals surface area contributed by atoms with Crippen molar-refractivity contribution < 1.29 is 4.92 Å². The molecular weight excluding hydrogens is 270 g/mol. The molecule has 21 heavy (non-hydrogen) atoms. The van der Waals surface area contributed by atoms with E-state index in [1.165, 1.54) is 12.6 Å². The quantitative estimate of drug-likeness (QED) is 0.678. The van der Waals surface area contributed by atoms with E-state index in [9.17, 15) is 10.1 Å². The van der Waals surface area contributed by atoms with Crippen LogP contribution in [0.4, 0.5) is 17.5 Å². The van der Waals surface area contributed by atoms with Gasteiger partial charge in [0.05, 0.1) is 4.92 Å². The second-order valence-electron chi connectivity index (χ2n) is 6.10. The second-order valence-corrected chi connectivity index (χ2v) is 6.10. The predicted molar refractivity (Wildman–Crippen MR) is 80.6 cm³/mol. The van der Waals surface area contributed by atoms with Gasteiger partial charge in [0.1, 0.15) is 6.20 Å². The van der Waals surface area contributed by atoms with Crippen LogP contribution in [0.15, 0.2) is 6.20 Å². The van der Waals surface area contributed by atoms with Gasteiger partial charge in [0.2, 0.25) is 11.8 Å². The molecule has 2 heterocycles. The van der Waals surface area contributed by atoms with E-state index in [4.69, 9.17) is 0 Å². The third kappa shape index (κ3) is 3.40. The van der Waals surface area contributed by atoms with E-state index in [1.54, 1.807) is 0 Å². The van der Waals surface area contributed by atoms with E-state index in [2.05, 4.69) is 27.1 Å². The molecule has 1 unspecified atom stereocenters. The minimum absolute atomic E-state index is 0.0335. The lowest BCUT2D eigenvalue weighted by atomic mass is 10.0. The molecule has 114 valence electrons. The summed E-state index contributed by atoms with van der Waals surface area (Å²) >= 11 is 0. The lowest BCUT2D eigenvalue weighted by Crippen LogP contribution is -2.26. The van der Waals surface area contributed by atoms with Crippen LogP contribution in [0.5, 0.6) is 0 Å². The zero-order chi connectivity index (χ0) is 14.8. The number of nitro groups is 1. The summed E-state index contributed by atoms with van der Waals surface area (Å²) in [7, 11) is 0. The highest BCUT2D eigenvalue weighted by atomic mass is 16.6. The van der Waals surface area contributed by atoms with Crippen molar-refractivity contribution in [3.05, 3.63) is 16.3 Å². The first-order valence-corrected chi connectivity index (χ1v) is 7.66. The van der Waals surface area contributed by atoms with Crippen LogP contribution in [0.25, 0.3) is 0 Å². The van der Waals surface area contributed by atoms with Crippen LogP contribution in [0, 0.1) is 16.0 Å². The Kier molecular flexibility index (Phi) is 3.90. The third-order valence-corrected chi connectivity index (χ3v) is 4.17. The molecule has 0 radical (unpaired) electrons. The van der Waals surface area contributed by atoms with Gasteiger partial charge in [0.25, 0.3) is 0 Å². The summed E-state index contributed by atoms with van der Waals surface area (Å²) in [5, 5.41) is 14.2. The lowest BCUT2D eigenvalue weighted by Gasteiger charge is -2.20. The Labute approximate surface area is 123 Å². The van der Waals surface area contributed by atoms with Crippen LogP contribution in [0.1, 0.15) is 39.0 Å². The maximum atomic E-state index is 11.1. The average Bonchev–Trinajstić information content (AvgIpc) is 3.27. The minimum atomic E-state index is -0.418. The molecular formula is C14H21N5O2. The topological polar surface area (TPSA) is 84.2 Å². The SMILES string of the molecule is CC1CCCN(c2ncc([N+](=O)[O-])c(NC3CC3)n2)CC1. The molecule has 1 aromatic rings. The van der Waals surface area contributed by atoms with E-state index in [0.29, 0.717) is 17.8 Å². The molecule has 7 nitrogen and oxygen atoms in total. The summed E-state index contributed by atoms with van der Waals surface area (Å²) in [6.07, 6.45) is 6.89. The summed E-state index contributed by atoms with van der Waals surface area (Å²) in [6.45, 7) is 4.10. The van der Waals surface area contributed by atoms with Gasteiger partial charge in [-0.25, -0.2) is 4.98 Å². The van der Waals surface area contributed by atoms with Crippen LogP contribution in [0.3, 0.4) is 0 Å². The fourth-order valence-corrected chi connectivity index (χ4v) is 2.64. The summed E-state index contributed by atoms with van der Waals surface area (Å²) in [5.74, 6) is 1.69. The van der Waals surface area contributed by atoms with Gasteiger partial charge < -0.3 is 10.2 Å². The normalized spacial score (nSPS) is 22.7. The number of aromatic nitrogens is 2. The number of anilines is 2. The first-order chi connectivity index (χ1) is 10.1. The van der Waals surface area contributed by atoms with Gasteiger partial charge in [-0.3, -0.25) is 10.1 Å². The van der Waals surface area contributed by atoms with Gasteiger partial charge in [-0.1, -0.05) is 6.92 Å². The monoisotopic (exact) mass is 291 g/mol. The lowest BCUT2D eigenvalue weighted by molar-refractivity contribution is -0.384. The van der Waals surface area contributed by atoms with Crippen molar-refractivity contribution in [2.75, 3.05) is 23.3 Å². The zero-order valence-corrected chi connectivity index (χ0v) is 12.3. The van der Waals surface area contributed by atoms with Gasteiger partial charge in [0, 0.05) is 19.1 Å². The van der Waals surface area contributed by atoms with Crippen molar-refractivity contribution in [2.45, 2.75) is 45.1 Å². The number of nitrogens with one attached hydrogen (secondary N) is 1. The summed E-state index contributed by atoms with van der Waals surface area (Å²) in [5.41, 5.74) is -0.0335. The zero-order valence-electron chi connectivity index (χ0n) is 12.3. The van der Waals surface area contributed by atoms with Crippen molar-refractivity contribution in [1.82, 2.24) is 9.97 Å². The Morgan fingerprint density at radius 1 is 1.33 bits per heavy atom. The molecule has 1 aliphatic carbocycles. The van der Waals surface area contributed by atoms with Crippen LogP contribution >= 0.6 is 0 Å². The fraction of sp³-hybridized carbons (Fsp3) is 0.714. The molecule has 3 rings (SSSR count). The highest BCUT2D eigenvalue weighted by Crippen LogP contribution is 2.30.